The van der Waals surface area contributed by atoms with Crippen molar-refractivity contribution in [2.45, 2.75) is 69.6 Å². The van der Waals surface area contributed by atoms with Gasteiger partial charge in [0.2, 0.25) is 0 Å². The fourth-order valence-corrected chi connectivity index (χ4v) is 3.69. The Bertz CT molecular complexity index is 852. The van der Waals surface area contributed by atoms with Gasteiger partial charge >= 0.3 is 51.4 Å². The van der Waals surface area contributed by atoms with Crippen LogP contribution in [0.3, 0.4) is 0 Å². The van der Waals surface area contributed by atoms with Gasteiger partial charge in [0.1, 0.15) is 11.5 Å². The smallest absolute Gasteiger partial charge is 0.872 e. The van der Waals surface area contributed by atoms with E-state index in [0.717, 1.165) is 18.4 Å². The maximum Gasteiger partial charge on any atom is 1.00 e. The molecule has 0 bridgehead atoms. The van der Waals surface area contributed by atoms with Gasteiger partial charge in [-0.05, 0) is 42.7 Å². The summed E-state index contributed by atoms with van der Waals surface area (Å²) in [6.07, 6.45) is 10.2. The standard InChI is InChI=1S/C22H30O5S.K/c1-2-3-4-5-6-7-8-9-11-18-14-21(17-22(15-18)28(24,25)26)27-20-13-10-12-19(23)16-20;/h10,12-17,23H,2-9,11H2,1H3,(H,24,25,26);/q;+1/p-1. The topological polar surface area (TPSA) is 86.7 Å². The summed E-state index contributed by atoms with van der Waals surface area (Å²) in [5.41, 5.74) is 0.786. The van der Waals surface area contributed by atoms with Crippen molar-refractivity contribution in [3.05, 3.63) is 48.0 Å². The van der Waals surface area contributed by atoms with E-state index in [-0.39, 0.29) is 67.8 Å². The Kier molecular flexibility index (Phi) is 12.7. The van der Waals surface area contributed by atoms with Gasteiger partial charge in [0.15, 0.2) is 0 Å². The van der Waals surface area contributed by atoms with E-state index in [2.05, 4.69) is 6.92 Å². The van der Waals surface area contributed by atoms with Crippen LogP contribution >= 0.6 is 0 Å². The molecule has 0 saturated heterocycles. The first-order chi connectivity index (χ1) is 13.4. The molecule has 0 aliphatic rings. The van der Waals surface area contributed by atoms with E-state index < -0.39 is 10.1 Å². The number of benzene rings is 2. The molecule has 0 heterocycles. The van der Waals surface area contributed by atoms with Gasteiger partial charge in [-0.3, -0.25) is 4.55 Å². The summed E-state index contributed by atoms with van der Waals surface area (Å²) in [5.74, 6) is 0.427. The van der Waals surface area contributed by atoms with Gasteiger partial charge in [-0.15, -0.1) is 5.75 Å². The summed E-state index contributed by atoms with van der Waals surface area (Å²) < 4.78 is 38.3. The van der Waals surface area contributed by atoms with Crippen molar-refractivity contribution in [3.8, 4) is 17.2 Å². The van der Waals surface area contributed by atoms with Crippen molar-refractivity contribution in [2.24, 2.45) is 0 Å². The summed E-state index contributed by atoms with van der Waals surface area (Å²) in [6.45, 7) is 2.20. The predicted molar refractivity (Wildman–Crippen MR) is 109 cm³/mol. The minimum absolute atomic E-state index is 0. The summed E-state index contributed by atoms with van der Waals surface area (Å²) in [5, 5.41) is 11.4. The molecule has 2 aromatic rings. The predicted octanol–water partition coefficient (Wildman–Crippen LogP) is 2.49. The third kappa shape index (κ3) is 10.4. The maximum absolute atomic E-state index is 11.6. The third-order valence-corrected chi connectivity index (χ3v) is 5.43. The molecule has 7 heteroatoms. The molecule has 0 spiro atoms. The Labute approximate surface area is 217 Å². The van der Waals surface area contributed by atoms with Crippen LogP contribution in [-0.4, -0.2) is 13.0 Å². The van der Waals surface area contributed by atoms with Crippen LogP contribution in [0.2, 0.25) is 0 Å². The Morgan fingerprint density at radius 3 is 2.17 bits per heavy atom. The van der Waals surface area contributed by atoms with Gasteiger partial charge < -0.3 is 9.84 Å². The maximum atomic E-state index is 11.6. The summed E-state index contributed by atoms with van der Waals surface area (Å²) in [7, 11) is -4.34. The molecule has 5 nitrogen and oxygen atoms in total. The van der Waals surface area contributed by atoms with Crippen LogP contribution in [0.25, 0.3) is 0 Å². The molecule has 0 unspecified atom stereocenters. The van der Waals surface area contributed by atoms with E-state index in [9.17, 15) is 18.1 Å². The Balaban J connectivity index is 0.00000420. The summed E-state index contributed by atoms with van der Waals surface area (Å²) >= 11 is 0. The molecule has 29 heavy (non-hydrogen) atoms. The normalized spacial score (nSPS) is 11.1. The van der Waals surface area contributed by atoms with E-state index >= 15 is 0 Å². The Hall–Kier alpha value is -0.414. The van der Waals surface area contributed by atoms with Crippen molar-refractivity contribution < 1.29 is 74.2 Å². The van der Waals surface area contributed by atoms with Crippen molar-refractivity contribution in [1.82, 2.24) is 0 Å². The molecule has 154 valence electrons. The molecule has 0 amide bonds. The van der Waals surface area contributed by atoms with Gasteiger partial charge in [-0.1, -0.05) is 64.0 Å². The zero-order valence-corrected chi connectivity index (χ0v) is 21.3. The van der Waals surface area contributed by atoms with Crippen LogP contribution in [0.4, 0.5) is 0 Å². The summed E-state index contributed by atoms with van der Waals surface area (Å²) in [6, 6.07) is 10.4. The Morgan fingerprint density at radius 1 is 0.897 bits per heavy atom. The number of aryl methyl sites for hydroxylation is 1. The molecular formula is C22H29KO5S. The molecular weight excluding hydrogens is 415 g/mol. The van der Waals surface area contributed by atoms with Crippen LogP contribution in [0, 0.1) is 0 Å². The molecule has 2 rings (SSSR count). The van der Waals surface area contributed by atoms with Gasteiger partial charge in [0, 0.05) is 6.07 Å². The summed E-state index contributed by atoms with van der Waals surface area (Å²) in [4.78, 5) is -0.196. The zero-order valence-electron chi connectivity index (χ0n) is 17.4. The van der Waals surface area contributed by atoms with Crippen molar-refractivity contribution >= 4 is 10.1 Å². The molecule has 0 fully saturated rings. The molecule has 0 radical (unpaired) electrons. The van der Waals surface area contributed by atoms with Gasteiger partial charge in [-0.2, -0.15) is 8.42 Å². The second-order valence-corrected chi connectivity index (χ2v) is 8.51. The fraction of sp³-hybridized carbons (Fsp3) is 0.455. The van der Waals surface area contributed by atoms with Crippen molar-refractivity contribution in [2.75, 3.05) is 0 Å². The molecule has 0 aliphatic heterocycles. The minimum atomic E-state index is -4.34. The molecule has 1 N–H and O–H groups in total. The fourth-order valence-electron chi connectivity index (χ4n) is 3.12. The van der Waals surface area contributed by atoms with E-state index in [1.54, 1.807) is 18.2 Å². The van der Waals surface area contributed by atoms with Crippen LogP contribution in [0.5, 0.6) is 17.2 Å². The quantitative estimate of drug-likeness (QED) is 0.309. The SMILES string of the molecule is CCCCCCCCCCc1cc(Oc2cccc([O-])c2)cc(S(=O)(=O)O)c1.[K+]. The third-order valence-electron chi connectivity index (χ3n) is 4.60. The van der Waals surface area contributed by atoms with Crippen molar-refractivity contribution in [1.29, 1.82) is 0 Å². The van der Waals surface area contributed by atoms with Crippen LogP contribution in [0.15, 0.2) is 47.4 Å². The van der Waals surface area contributed by atoms with E-state index in [1.165, 1.54) is 62.8 Å². The second kappa shape index (κ2) is 13.8. The number of hydrogen-bond donors (Lipinski definition) is 1. The number of rotatable bonds is 12. The Morgan fingerprint density at radius 2 is 1.55 bits per heavy atom. The second-order valence-electron chi connectivity index (χ2n) is 7.09. The monoisotopic (exact) mass is 444 g/mol. The molecule has 2 aromatic carbocycles. The molecule has 0 aliphatic carbocycles. The van der Waals surface area contributed by atoms with Gasteiger partial charge in [-0.25, -0.2) is 0 Å². The first kappa shape index (κ1) is 26.6. The van der Waals surface area contributed by atoms with Crippen LogP contribution in [0.1, 0.15) is 63.9 Å². The first-order valence-corrected chi connectivity index (χ1v) is 11.4. The van der Waals surface area contributed by atoms with Crippen molar-refractivity contribution in [3.63, 3.8) is 0 Å². The van der Waals surface area contributed by atoms with E-state index in [0.29, 0.717) is 12.2 Å². The number of ether oxygens (including phenoxy) is 1. The van der Waals surface area contributed by atoms with E-state index in [1.807, 2.05) is 0 Å². The zero-order chi connectivity index (χ0) is 20.4. The van der Waals surface area contributed by atoms with Gasteiger partial charge in [0.25, 0.3) is 10.1 Å². The van der Waals surface area contributed by atoms with E-state index in [4.69, 9.17) is 4.74 Å². The first-order valence-electron chi connectivity index (χ1n) is 9.95. The average molecular weight is 445 g/mol. The number of unbranched alkanes of at least 4 members (excludes halogenated alkanes) is 7. The molecule has 0 saturated carbocycles. The number of hydrogen-bond acceptors (Lipinski definition) is 4. The van der Waals surface area contributed by atoms with Crippen LogP contribution < -0.4 is 61.2 Å². The van der Waals surface area contributed by atoms with Gasteiger partial charge in [0.05, 0.1) is 4.90 Å². The molecule has 0 atom stereocenters. The minimum Gasteiger partial charge on any atom is -0.872 e. The average Bonchev–Trinajstić information content (AvgIpc) is 2.63. The largest absolute Gasteiger partial charge is 1.00 e. The molecule has 0 aromatic heterocycles. The van der Waals surface area contributed by atoms with Crippen LogP contribution in [-0.2, 0) is 16.5 Å².